The summed E-state index contributed by atoms with van der Waals surface area (Å²) in [5, 5.41) is 52.4. The number of primary amides is 1. The maximum absolute atomic E-state index is 15.3. The van der Waals surface area contributed by atoms with Crippen molar-refractivity contribution in [3.8, 4) is 5.75 Å². The molecule has 2 aromatic rings. The first-order chi connectivity index (χ1) is 39.5. The smallest absolute Gasteiger partial charge is 0.253 e. The molecule has 1 fully saturated rings. The summed E-state index contributed by atoms with van der Waals surface area (Å²) in [7, 11) is 1.40. The fourth-order valence-corrected chi connectivity index (χ4v) is 12.1. The predicted octanol–water partition coefficient (Wildman–Crippen LogP) is -5.17. The number of rotatable bonds is 18. The van der Waals surface area contributed by atoms with E-state index in [9.17, 15) is 72.9 Å². The SMILES string of the molecule is CC[C@H](C)[C@@H]1NC(=O)CNC(=O)[C@@H]2Cc3c([nH]c4c(CSCCNC(=O)CCCN5C(=O)C=CC5=O)c(OC)ccc34)[S+]([O-])C[C@H](NC(=O)CNC1=O)C(=O)N[C@@H](CCC(N)=O)C(=O)N1C[C@H](O)C[C@H]1C(=O)N[C@@H]([C@@H](C)[C@@H](O)CO)C(=O)N2. The molecule has 0 spiro atoms. The van der Waals surface area contributed by atoms with Gasteiger partial charge in [-0.2, -0.15) is 11.8 Å². The van der Waals surface area contributed by atoms with Gasteiger partial charge in [0, 0.05) is 103 Å². The number of aromatic amines is 1. The average Bonchev–Trinajstić information content (AvgIpc) is 2.79. The molecule has 31 heteroatoms. The Bertz CT molecular complexity index is 2830. The van der Waals surface area contributed by atoms with Gasteiger partial charge in [0.2, 0.25) is 64.1 Å². The lowest BCUT2D eigenvalue weighted by molar-refractivity contribution is -0.143. The molecule has 1 aromatic heterocycles. The van der Waals surface area contributed by atoms with Crippen molar-refractivity contribution in [2.24, 2.45) is 17.6 Å². The van der Waals surface area contributed by atoms with Gasteiger partial charge in [-0.05, 0) is 30.9 Å². The van der Waals surface area contributed by atoms with Crippen LogP contribution in [0.25, 0.3) is 10.9 Å². The highest BCUT2D eigenvalue weighted by atomic mass is 32.2. The maximum Gasteiger partial charge on any atom is 0.253 e. The monoisotopic (exact) mass is 1200 g/mol. The molecule has 4 aliphatic rings. The molecule has 14 N–H and O–H groups in total. The molecule has 6 rings (SSSR count). The van der Waals surface area contributed by atoms with Crippen LogP contribution >= 0.6 is 11.8 Å². The number of nitrogens with one attached hydrogen (secondary N) is 9. The van der Waals surface area contributed by atoms with Gasteiger partial charge in [0.25, 0.3) is 11.8 Å². The van der Waals surface area contributed by atoms with Crippen LogP contribution in [0.4, 0.5) is 0 Å². The van der Waals surface area contributed by atoms with Crippen LogP contribution in [0.15, 0.2) is 29.3 Å². The molecular weight excluding hydrogens is 1130 g/mol. The van der Waals surface area contributed by atoms with Gasteiger partial charge in [-0.15, -0.1) is 0 Å². The molecule has 5 heterocycles. The molecule has 1 aromatic carbocycles. The van der Waals surface area contributed by atoms with Gasteiger partial charge in [-0.1, -0.05) is 27.2 Å². The van der Waals surface area contributed by atoms with E-state index in [0.717, 1.165) is 22.0 Å². The van der Waals surface area contributed by atoms with Crippen LogP contribution in [0, 0.1) is 11.8 Å². The Morgan fingerprint density at radius 1 is 0.880 bits per heavy atom. The number of ether oxygens (including phenoxy) is 1. The number of imide groups is 1. The third-order valence-electron chi connectivity index (χ3n) is 14.8. The van der Waals surface area contributed by atoms with Gasteiger partial charge < -0.3 is 82.8 Å². The Morgan fingerprint density at radius 2 is 1.57 bits per heavy atom. The fourth-order valence-electron chi connectivity index (χ4n) is 9.87. The van der Waals surface area contributed by atoms with Crippen molar-refractivity contribution in [3.63, 3.8) is 0 Å². The van der Waals surface area contributed by atoms with E-state index >= 15 is 4.55 Å². The lowest BCUT2D eigenvalue weighted by Crippen LogP contribution is -2.62. The van der Waals surface area contributed by atoms with Crippen molar-refractivity contribution in [1.82, 2.24) is 57.3 Å². The normalized spacial score (nSPS) is 25.4. The number of aliphatic hydroxyl groups is 3. The number of hydrogen-bond donors (Lipinski definition) is 13. The van der Waals surface area contributed by atoms with Gasteiger partial charge in [0.15, 0.2) is 6.04 Å². The van der Waals surface area contributed by atoms with Crippen molar-refractivity contribution >= 4 is 105 Å². The highest BCUT2D eigenvalue weighted by Crippen LogP contribution is 2.37. The van der Waals surface area contributed by atoms with E-state index in [0.29, 0.717) is 28.9 Å². The number of carbonyl (C=O) groups is 12. The second-order valence-corrected chi connectivity index (χ2v) is 23.1. The number of carbonyl (C=O) groups excluding carboxylic acids is 12. The van der Waals surface area contributed by atoms with E-state index in [-0.39, 0.29) is 53.7 Å². The molecule has 12 amide bonds. The van der Waals surface area contributed by atoms with E-state index in [4.69, 9.17) is 10.5 Å². The van der Waals surface area contributed by atoms with E-state index in [1.54, 1.807) is 26.0 Å². The van der Waals surface area contributed by atoms with Crippen molar-refractivity contribution < 1.29 is 82.1 Å². The van der Waals surface area contributed by atoms with Crippen molar-refractivity contribution in [2.45, 2.75) is 125 Å². The average molecular weight is 1200 g/mol. The quantitative estimate of drug-likeness (QED) is 0.0377. The first kappa shape index (κ1) is 64.8. The zero-order chi connectivity index (χ0) is 60.8. The number of nitrogens with two attached hydrogens (primary N) is 1. The van der Waals surface area contributed by atoms with E-state index in [2.05, 4.69) is 47.5 Å². The molecule has 0 radical (unpaired) electrons. The molecule has 4 aliphatic heterocycles. The minimum Gasteiger partial charge on any atom is -0.610 e. The van der Waals surface area contributed by atoms with Crippen molar-refractivity contribution in [2.75, 3.05) is 57.9 Å². The minimum atomic E-state index is -2.45. The number of fused-ring (bicyclic) bond motifs is 5. The molecule has 0 saturated carbocycles. The van der Waals surface area contributed by atoms with E-state index < -0.39 is 194 Å². The lowest BCUT2D eigenvalue weighted by Gasteiger charge is -2.33. The molecule has 11 atom stereocenters. The Hall–Kier alpha value is -7.32. The van der Waals surface area contributed by atoms with Crippen molar-refractivity contribution in [3.05, 3.63) is 35.4 Å². The summed E-state index contributed by atoms with van der Waals surface area (Å²) >= 11 is -1.11. The summed E-state index contributed by atoms with van der Waals surface area (Å²) in [6.07, 6.45) is -2.08. The van der Waals surface area contributed by atoms with E-state index in [1.165, 1.54) is 25.8 Å². The van der Waals surface area contributed by atoms with Gasteiger partial charge in [0.1, 0.15) is 41.7 Å². The largest absolute Gasteiger partial charge is 0.610 e. The number of hydrogen-bond acceptors (Lipinski definition) is 18. The van der Waals surface area contributed by atoms with Crippen LogP contribution in [0.2, 0.25) is 0 Å². The number of thioether (sulfide) groups is 1. The third kappa shape index (κ3) is 16.7. The Balaban J connectivity index is 1.47. The topological polar surface area (TPSA) is 442 Å². The highest BCUT2D eigenvalue weighted by Gasteiger charge is 2.45. The first-order valence-electron chi connectivity index (χ1n) is 27.0. The highest BCUT2D eigenvalue weighted by molar-refractivity contribution is 7.98. The second kappa shape index (κ2) is 29.8. The van der Waals surface area contributed by atoms with Gasteiger partial charge >= 0.3 is 0 Å². The standard InChI is InChI=1S/C52H72N12O17S2/c1-5-25(2)43-49(77)56-19-39(70)57-33-24-83(80)51-29(28-8-10-36(81-4)30(45(28)62-51)23-82-16-14-54-38(69)7-6-15-63-41(72)12-13-42(63)73)18-32(46(74)55-20-40(71)60-43)59-50(78)44(26(3)35(67)22-65)61-48(76)34-17-27(66)21-64(34)52(79)31(58-47(33)75)9-11-37(53)68/h8,10,12-13,25-27,31-35,43-44,62,65-67H,5-7,9,11,14-24H2,1-4H3,(H2,53,68)(H,54,69)(H,55,74)(H,56,77)(H,57,70)(H,58,75)(H,59,78)(H,60,71)(H,61,76)/t25-,26-,27+,31-,32-,33-,34-,35-,43-,44-,83?/m0/s1. The Labute approximate surface area is 484 Å². The van der Waals surface area contributed by atoms with Crippen LogP contribution in [-0.2, 0) is 80.9 Å². The summed E-state index contributed by atoms with van der Waals surface area (Å²) in [5.74, 6) is -12.1. The Kier molecular flexibility index (Phi) is 23.3. The third-order valence-corrected chi connectivity index (χ3v) is 17.2. The van der Waals surface area contributed by atoms with Gasteiger partial charge in [-0.3, -0.25) is 62.4 Å². The fraction of sp³-hybridized carbons (Fsp3) is 0.577. The summed E-state index contributed by atoms with van der Waals surface area (Å²) < 4.78 is 21.1. The molecule has 83 heavy (non-hydrogen) atoms. The summed E-state index contributed by atoms with van der Waals surface area (Å²) in [6.45, 7) is 1.95. The maximum atomic E-state index is 15.3. The first-order valence-corrected chi connectivity index (χ1v) is 29.5. The number of nitrogens with zero attached hydrogens (tertiary/aromatic N) is 2. The van der Waals surface area contributed by atoms with Crippen LogP contribution in [0.3, 0.4) is 0 Å². The van der Waals surface area contributed by atoms with Crippen molar-refractivity contribution in [1.29, 1.82) is 0 Å². The Morgan fingerprint density at radius 3 is 2.23 bits per heavy atom. The molecule has 29 nitrogen and oxygen atoms in total. The minimum absolute atomic E-state index is 0.0329. The van der Waals surface area contributed by atoms with Crippen LogP contribution < -0.4 is 53.0 Å². The van der Waals surface area contributed by atoms with Crippen LogP contribution in [-0.4, -0.2) is 212 Å². The number of aromatic nitrogens is 1. The summed E-state index contributed by atoms with van der Waals surface area (Å²) in [5.41, 5.74) is 6.34. The number of amides is 12. The number of benzene rings is 1. The molecular formula is C52H72N12O17S2. The zero-order valence-electron chi connectivity index (χ0n) is 46.2. The van der Waals surface area contributed by atoms with Gasteiger partial charge in [-0.25, -0.2) is 0 Å². The molecule has 2 bridgehead atoms. The number of methoxy groups -OCH3 is 1. The number of H-pyrrole nitrogens is 1. The summed E-state index contributed by atoms with van der Waals surface area (Å²) in [6, 6.07) is -6.81. The molecule has 1 saturated heterocycles. The zero-order valence-corrected chi connectivity index (χ0v) is 47.9. The second-order valence-electron chi connectivity index (χ2n) is 20.6. The summed E-state index contributed by atoms with van der Waals surface area (Å²) in [4.78, 5) is 168. The molecule has 0 aliphatic carbocycles. The predicted molar refractivity (Wildman–Crippen MR) is 296 cm³/mol. The molecule has 1 unspecified atom stereocenters. The lowest BCUT2D eigenvalue weighted by atomic mass is 9.93. The molecule has 454 valence electrons. The van der Waals surface area contributed by atoms with Crippen LogP contribution in [0.5, 0.6) is 5.75 Å². The number of aliphatic hydroxyl groups excluding tert-OH is 3. The van der Waals surface area contributed by atoms with Crippen LogP contribution in [0.1, 0.15) is 70.4 Å². The van der Waals surface area contributed by atoms with Gasteiger partial charge in [0.05, 0.1) is 44.5 Å². The van der Waals surface area contributed by atoms with E-state index in [1.807, 2.05) is 0 Å².